The standard InChI is InChI=1S/C16H16FNO3S/c17-12-2-1-3-13(8-12)21-14-4-6-18(10-14)9-11-5-7-22-15(11)16(19)20/h1-3,5,7-8,14H,4,6,9-10H2,(H,19,20). The van der Waals surface area contributed by atoms with Gasteiger partial charge in [-0.15, -0.1) is 11.3 Å². The summed E-state index contributed by atoms with van der Waals surface area (Å²) in [5.74, 6) is -0.651. The van der Waals surface area contributed by atoms with Crippen LogP contribution in [-0.2, 0) is 6.54 Å². The number of aromatic carboxylic acids is 1. The number of ether oxygens (including phenoxy) is 1. The highest BCUT2D eigenvalue weighted by atomic mass is 32.1. The number of carbonyl (C=O) groups is 1. The minimum absolute atomic E-state index is 0.00807. The van der Waals surface area contributed by atoms with Gasteiger partial charge in [-0.2, -0.15) is 0 Å². The average Bonchev–Trinajstić information content (AvgIpc) is 3.09. The average molecular weight is 321 g/mol. The predicted molar refractivity (Wildman–Crippen MR) is 82.0 cm³/mol. The molecule has 4 nitrogen and oxygen atoms in total. The first-order chi connectivity index (χ1) is 10.6. The van der Waals surface area contributed by atoms with Crippen molar-refractivity contribution in [3.05, 3.63) is 52.0 Å². The number of halogens is 1. The van der Waals surface area contributed by atoms with Gasteiger partial charge in [0.1, 0.15) is 22.5 Å². The van der Waals surface area contributed by atoms with Crippen molar-refractivity contribution in [2.45, 2.75) is 19.1 Å². The second-order valence-corrected chi connectivity index (χ2v) is 6.22. The molecule has 1 fully saturated rings. The molecule has 0 bridgehead atoms. The first-order valence-corrected chi connectivity index (χ1v) is 7.94. The van der Waals surface area contributed by atoms with Crippen LogP contribution in [0.25, 0.3) is 0 Å². The molecule has 2 aromatic rings. The first kappa shape index (κ1) is 15.0. The van der Waals surface area contributed by atoms with E-state index in [1.165, 1.54) is 23.5 Å². The maximum Gasteiger partial charge on any atom is 0.346 e. The lowest BCUT2D eigenvalue weighted by atomic mass is 10.2. The number of carboxylic acid groups (broad SMARTS) is 1. The number of hydrogen-bond donors (Lipinski definition) is 1. The Bertz CT molecular complexity index is 673. The third-order valence-corrected chi connectivity index (χ3v) is 4.61. The van der Waals surface area contributed by atoms with Crippen LogP contribution in [0.3, 0.4) is 0 Å². The Morgan fingerprint density at radius 3 is 3.09 bits per heavy atom. The van der Waals surface area contributed by atoms with Crippen molar-refractivity contribution in [3.63, 3.8) is 0 Å². The number of rotatable bonds is 5. The Labute approximate surface area is 131 Å². The zero-order valence-corrected chi connectivity index (χ0v) is 12.7. The lowest BCUT2D eigenvalue weighted by molar-refractivity contribution is 0.0700. The minimum Gasteiger partial charge on any atom is -0.489 e. The SMILES string of the molecule is O=C(O)c1sccc1CN1CCC(Oc2cccc(F)c2)C1. The second-order valence-electron chi connectivity index (χ2n) is 5.30. The fourth-order valence-electron chi connectivity index (χ4n) is 2.66. The van der Waals surface area contributed by atoms with E-state index in [0.29, 0.717) is 23.7 Å². The Balaban J connectivity index is 1.58. The zero-order chi connectivity index (χ0) is 15.5. The normalized spacial score (nSPS) is 18.5. The molecule has 2 heterocycles. The molecule has 1 N–H and O–H groups in total. The van der Waals surface area contributed by atoms with Crippen LogP contribution >= 0.6 is 11.3 Å². The van der Waals surface area contributed by atoms with Crippen LogP contribution in [0.2, 0.25) is 0 Å². The maximum atomic E-state index is 13.1. The van der Waals surface area contributed by atoms with Crippen LogP contribution in [0.4, 0.5) is 4.39 Å². The van der Waals surface area contributed by atoms with Crippen molar-refractivity contribution < 1.29 is 19.0 Å². The van der Waals surface area contributed by atoms with E-state index in [9.17, 15) is 9.18 Å². The van der Waals surface area contributed by atoms with Crippen LogP contribution < -0.4 is 4.74 Å². The smallest absolute Gasteiger partial charge is 0.346 e. The van der Waals surface area contributed by atoms with Gasteiger partial charge in [-0.3, -0.25) is 4.90 Å². The third-order valence-electron chi connectivity index (χ3n) is 3.66. The second kappa shape index (κ2) is 6.46. The predicted octanol–water partition coefficient (Wildman–Crippen LogP) is 3.24. The highest BCUT2D eigenvalue weighted by Gasteiger charge is 2.25. The van der Waals surface area contributed by atoms with E-state index in [2.05, 4.69) is 4.90 Å². The van der Waals surface area contributed by atoms with Crippen molar-refractivity contribution >= 4 is 17.3 Å². The Hall–Kier alpha value is -1.92. The van der Waals surface area contributed by atoms with Crippen LogP contribution in [0, 0.1) is 5.82 Å². The summed E-state index contributed by atoms with van der Waals surface area (Å²) >= 11 is 1.25. The van der Waals surface area contributed by atoms with E-state index in [0.717, 1.165) is 18.5 Å². The molecule has 1 saturated heterocycles. The number of thiophene rings is 1. The molecule has 1 atom stereocenters. The van der Waals surface area contributed by atoms with Crippen LogP contribution in [0.5, 0.6) is 5.75 Å². The molecule has 1 aromatic carbocycles. The van der Waals surface area contributed by atoms with Gasteiger partial charge in [0.05, 0.1) is 0 Å². The fourth-order valence-corrected chi connectivity index (χ4v) is 3.41. The number of nitrogens with zero attached hydrogens (tertiary/aromatic N) is 1. The molecule has 3 rings (SSSR count). The highest BCUT2D eigenvalue weighted by molar-refractivity contribution is 7.12. The largest absolute Gasteiger partial charge is 0.489 e. The molecule has 6 heteroatoms. The van der Waals surface area contributed by atoms with Crippen LogP contribution in [-0.4, -0.2) is 35.2 Å². The van der Waals surface area contributed by atoms with E-state index in [4.69, 9.17) is 9.84 Å². The molecule has 0 spiro atoms. The maximum absolute atomic E-state index is 13.1. The third kappa shape index (κ3) is 3.45. The Morgan fingerprint density at radius 1 is 1.45 bits per heavy atom. The zero-order valence-electron chi connectivity index (χ0n) is 11.9. The van der Waals surface area contributed by atoms with Gasteiger partial charge >= 0.3 is 5.97 Å². The van der Waals surface area contributed by atoms with Crippen LogP contribution in [0.15, 0.2) is 35.7 Å². The fraction of sp³-hybridized carbons (Fsp3) is 0.312. The Morgan fingerprint density at radius 2 is 2.32 bits per heavy atom. The molecule has 116 valence electrons. The topological polar surface area (TPSA) is 49.8 Å². The van der Waals surface area contributed by atoms with Crippen molar-refractivity contribution in [2.24, 2.45) is 0 Å². The lowest BCUT2D eigenvalue weighted by Crippen LogP contribution is -2.25. The van der Waals surface area contributed by atoms with Gasteiger partial charge in [-0.1, -0.05) is 6.07 Å². The number of likely N-dealkylation sites (tertiary alicyclic amines) is 1. The van der Waals surface area contributed by atoms with Crippen molar-refractivity contribution in [2.75, 3.05) is 13.1 Å². The summed E-state index contributed by atoms with van der Waals surface area (Å²) in [6.45, 7) is 2.16. The van der Waals surface area contributed by atoms with Gasteiger partial charge in [0.15, 0.2) is 0 Å². The van der Waals surface area contributed by atoms with E-state index in [1.54, 1.807) is 17.5 Å². The highest BCUT2D eigenvalue weighted by Crippen LogP contribution is 2.23. The summed E-state index contributed by atoms with van der Waals surface area (Å²) < 4.78 is 18.9. The summed E-state index contributed by atoms with van der Waals surface area (Å²) in [7, 11) is 0. The van der Waals surface area contributed by atoms with Crippen molar-refractivity contribution in [1.29, 1.82) is 0 Å². The van der Waals surface area contributed by atoms with E-state index < -0.39 is 5.97 Å². The van der Waals surface area contributed by atoms with Gasteiger partial charge in [0.25, 0.3) is 0 Å². The monoisotopic (exact) mass is 321 g/mol. The van der Waals surface area contributed by atoms with Gasteiger partial charge in [0, 0.05) is 25.7 Å². The summed E-state index contributed by atoms with van der Waals surface area (Å²) in [4.78, 5) is 13.7. The van der Waals surface area contributed by atoms with E-state index in [-0.39, 0.29) is 11.9 Å². The Kier molecular flexibility index (Phi) is 4.40. The van der Waals surface area contributed by atoms with Crippen LogP contribution in [0.1, 0.15) is 21.7 Å². The summed E-state index contributed by atoms with van der Waals surface area (Å²) in [6, 6.07) is 7.99. The summed E-state index contributed by atoms with van der Waals surface area (Å²) in [5.41, 5.74) is 0.837. The molecule has 0 radical (unpaired) electrons. The number of benzene rings is 1. The minimum atomic E-state index is -0.878. The molecule has 1 unspecified atom stereocenters. The number of carboxylic acids is 1. The van der Waals surface area contributed by atoms with E-state index >= 15 is 0 Å². The van der Waals surface area contributed by atoms with Crippen molar-refractivity contribution in [1.82, 2.24) is 4.90 Å². The number of hydrogen-bond acceptors (Lipinski definition) is 4. The quantitative estimate of drug-likeness (QED) is 0.918. The molecule has 0 amide bonds. The van der Waals surface area contributed by atoms with Gasteiger partial charge in [-0.25, -0.2) is 9.18 Å². The molecule has 1 aliphatic heterocycles. The molecule has 0 saturated carbocycles. The molecule has 0 aliphatic carbocycles. The van der Waals surface area contributed by atoms with Gasteiger partial charge in [0.2, 0.25) is 0 Å². The summed E-state index contributed by atoms with van der Waals surface area (Å²) in [5, 5.41) is 10.9. The van der Waals surface area contributed by atoms with Gasteiger partial charge in [-0.05, 0) is 35.6 Å². The first-order valence-electron chi connectivity index (χ1n) is 7.06. The van der Waals surface area contributed by atoms with Crippen molar-refractivity contribution in [3.8, 4) is 5.75 Å². The summed E-state index contributed by atoms with van der Waals surface area (Å²) in [6.07, 6.45) is 0.858. The molecule has 22 heavy (non-hydrogen) atoms. The van der Waals surface area contributed by atoms with E-state index in [1.807, 2.05) is 6.07 Å². The van der Waals surface area contributed by atoms with Gasteiger partial charge < -0.3 is 9.84 Å². The molecular weight excluding hydrogens is 305 g/mol. The molecule has 1 aliphatic rings. The molecule has 1 aromatic heterocycles. The lowest BCUT2D eigenvalue weighted by Gasteiger charge is -2.17. The molecular formula is C16H16FNO3S.